The average molecular weight is 430 g/mol. The lowest BCUT2D eigenvalue weighted by molar-refractivity contribution is 0.415. The normalized spacial score (nSPS) is 11.0. The van der Waals surface area contributed by atoms with Gasteiger partial charge in [0.2, 0.25) is 5.88 Å². The summed E-state index contributed by atoms with van der Waals surface area (Å²) in [6.45, 7) is 1.94. The highest BCUT2D eigenvalue weighted by Gasteiger charge is 2.14. The second-order valence-corrected chi connectivity index (χ2v) is 7.83. The van der Waals surface area contributed by atoms with Crippen LogP contribution in [-0.2, 0) is 0 Å². The van der Waals surface area contributed by atoms with Gasteiger partial charge in [-0.25, -0.2) is 15.0 Å². The molecule has 0 saturated heterocycles. The summed E-state index contributed by atoms with van der Waals surface area (Å²) in [5.41, 5.74) is 9.10. The molecule has 0 bridgehead atoms. The minimum Gasteiger partial charge on any atom is -0.497 e. The van der Waals surface area contributed by atoms with Crippen LogP contribution in [0.4, 0.5) is 16.6 Å². The predicted molar refractivity (Wildman–Crippen MR) is 122 cm³/mol. The summed E-state index contributed by atoms with van der Waals surface area (Å²) in [6, 6.07) is 15.4. The van der Waals surface area contributed by atoms with Crippen LogP contribution in [-0.4, -0.2) is 27.0 Å². The number of thiazole rings is 1. The number of nitrogens with two attached hydrogens (primary N) is 1. The molecule has 154 valence electrons. The van der Waals surface area contributed by atoms with Gasteiger partial charge in [-0.15, -0.1) is 0 Å². The molecule has 0 unspecified atom stereocenters. The van der Waals surface area contributed by atoms with Crippen molar-refractivity contribution in [3.8, 4) is 17.4 Å². The maximum absolute atomic E-state index is 6.32. The Hall–Kier alpha value is -3.98. The number of rotatable bonds is 5. The number of nitrogens with one attached hydrogen (secondary N) is 1. The van der Waals surface area contributed by atoms with E-state index in [2.05, 4.69) is 25.3 Å². The van der Waals surface area contributed by atoms with Crippen LogP contribution in [0.1, 0.15) is 5.69 Å². The third-order valence-corrected chi connectivity index (χ3v) is 5.63. The zero-order chi connectivity index (χ0) is 21.4. The van der Waals surface area contributed by atoms with E-state index in [1.165, 1.54) is 17.7 Å². The first-order valence-electron chi connectivity index (χ1n) is 9.47. The van der Waals surface area contributed by atoms with Gasteiger partial charge < -0.3 is 20.5 Å². The van der Waals surface area contributed by atoms with Gasteiger partial charge in [0.15, 0.2) is 16.7 Å². The molecule has 0 fully saturated rings. The largest absolute Gasteiger partial charge is 0.497 e. The van der Waals surface area contributed by atoms with Crippen molar-refractivity contribution in [3.05, 3.63) is 60.6 Å². The van der Waals surface area contributed by atoms with E-state index in [1.54, 1.807) is 7.11 Å². The summed E-state index contributed by atoms with van der Waals surface area (Å²) in [6.07, 6.45) is 1.40. The zero-order valence-corrected chi connectivity index (χ0v) is 17.6. The number of benzene rings is 2. The minimum absolute atomic E-state index is 0.246. The quantitative estimate of drug-likeness (QED) is 0.398. The van der Waals surface area contributed by atoms with Crippen LogP contribution >= 0.6 is 11.3 Å². The average Bonchev–Trinajstić information content (AvgIpc) is 3.18. The summed E-state index contributed by atoms with van der Waals surface area (Å²) in [5, 5.41) is 4.79. The Labute approximate surface area is 181 Å². The number of aromatic nitrogens is 4. The lowest BCUT2D eigenvalue weighted by Crippen LogP contribution is -2.03. The summed E-state index contributed by atoms with van der Waals surface area (Å²) >= 11 is 1.47. The molecule has 3 N–H and O–H groups in total. The summed E-state index contributed by atoms with van der Waals surface area (Å²) in [4.78, 5) is 17.6. The summed E-state index contributed by atoms with van der Waals surface area (Å²) in [7, 11) is 1.64. The van der Waals surface area contributed by atoms with Gasteiger partial charge >= 0.3 is 0 Å². The molecule has 0 spiro atoms. The van der Waals surface area contributed by atoms with Gasteiger partial charge in [0.25, 0.3) is 0 Å². The molecule has 0 aliphatic heterocycles. The molecule has 5 rings (SSSR count). The molecular formula is C22H18N6O2S. The molecule has 3 aromatic heterocycles. The second-order valence-electron chi connectivity index (χ2n) is 6.80. The van der Waals surface area contributed by atoms with Crippen LogP contribution in [0.3, 0.4) is 0 Å². The predicted octanol–water partition coefficient (Wildman–Crippen LogP) is 5.07. The zero-order valence-electron chi connectivity index (χ0n) is 16.8. The lowest BCUT2D eigenvalue weighted by Gasteiger charge is -2.12. The number of para-hydroxylation sites is 1. The van der Waals surface area contributed by atoms with Crippen molar-refractivity contribution in [2.45, 2.75) is 6.92 Å². The van der Waals surface area contributed by atoms with Crippen LogP contribution in [0.2, 0.25) is 0 Å². The number of hydrogen-bond donors (Lipinski definition) is 2. The third-order valence-electron chi connectivity index (χ3n) is 4.70. The molecule has 31 heavy (non-hydrogen) atoms. The van der Waals surface area contributed by atoms with E-state index >= 15 is 0 Å². The maximum Gasteiger partial charge on any atom is 0.248 e. The van der Waals surface area contributed by atoms with Crippen LogP contribution in [0.5, 0.6) is 17.4 Å². The first kappa shape index (κ1) is 19.0. The Morgan fingerprint density at radius 1 is 1.03 bits per heavy atom. The molecule has 3 heterocycles. The van der Waals surface area contributed by atoms with E-state index in [4.69, 9.17) is 15.2 Å². The lowest BCUT2D eigenvalue weighted by atomic mass is 10.2. The molecule has 0 amide bonds. The number of fused-ring (bicyclic) bond motifs is 2. The van der Waals surface area contributed by atoms with E-state index in [1.807, 2.05) is 55.5 Å². The molecule has 9 heteroatoms. The van der Waals surface area contributed by atoms with E-state index in [9.17, 15) is 0 Å². The van der Waals surface area contributed by atoms with Gasteiger partial charge in [-0.1, -0.05) is 29.5 Å². The van der Waals surface area contributed by atoms with E-state index < -0.39 is 0 Å². The number of methoxy groups -OCH3 is 1. The Bertz CT molecular complexity index is 1420. The monoisotopic (exact) mass is 430 g/mol. The molecule has 0 atom stereocenters. The van der Waals surface area contributed by atoms with Crippen molar-refractivity contribution in [1.29, 1.82) is 0 Å². The fourth-order valence-electron chi connectivity index (χ4n) is 3.15. The second kappa shape index (κ2) is 7.69. The van der Waals surface area contributed by atoms with E-state index in [0.717, 1.165) is 32.6 Å². The number of anilines is 3. The summed E-state index contributed by atoms with van der Waals surface area (Å²) < 4.78 is 12.3. The Morgan fingerprint density at radius 3 is 2.81 bits per heavy atom. The highest BCUT2D eigenvalue weighted by molar-refractivity contribution is 7.22. The van der Waals surface area contributed by atoms with Crippen molar-refractivity contribution in [2.24, 2.45) is 0 Å². The fraction of sp³-hybridized carbons (Fsp3) is 0.0909. The molecule has 0 aliphatic carbocycles. The van der Waals surface area contributed by atoms with Gasteiger partial charge in [0.05, 0.1) is 17.3 Å². The van der Waals surface area contributed by atoms with Crippen LogP contribution in [0.15, 0.2) is 54.9 Å². The van der Waals surface area contributed by atoms with Crippen LogP contribution in [0.25, 0.3) is 21.1 Å². The molecule has 0 aliphatic rings. The fourth-order valence-corrected chi connectivity index (χ4v) is 4.04. The van der Waals surface area contributed by atoms with Gasteiger partial charge in [0, 0.05) is 11.1 Å². The topological polar surface area (TPSA) is 108 Å². The van der Waals surface area contributed by atoms with Crippen molar-refractivity contribution in [1.82, 2.24) is 19.9 Å². The van der Waals surface area contributed by atoms with Crippen molar-refractivity contribution >= 4 is 49.1 Å². The smallest absolute Gasteiger partial charge is 0.248 e. The Balaban J connectivity index is 1.46. The molecule has 8 nitrogen and oxygen atoms in total. The van der Waals surface area contributed by atoms with Crippen molar-refractivity contribution in [3.63, 3.8) is 0 Å². The maximum atomic E-state index is 6.32. The van der Waals surface area contributed by atoms with E-state index in [-0.39, 0.29) is 11.6 Å². The van der Waals surface area contributed by atoms with Gasteiger partial charge in [0.1, 0.15) is 23.3 Å². The Morgan fingerprint density at radius 2 is 1.94 bits per heavy atom. The molecular weight excluding hydrogens is 412 g/mol. The number of ether oxygens (including phenoxy) is 2. The number of pyridine rings is 1. The van der Waals surface area contributed by atoms with Crippen molar-refractivity contribution in [2.75, 3.05) is 18.2 Å². The highest BCUT2D eigenvalue weighted by Crippen LogP contribution is 2.36. The number of nitrogen functional groups attached to an aromatic ring is 1. The molecule has 2 aromatic carbocycles. The SMILES string of the molecule is COc1ccc2nc(Nc3ncnc(Oc4cccc5ccc(C)nc45)c3N)sc2c1. The van der Waals surface area contributed by atoms with Gasteiger partial charge in [-0.2, -0.15) is 4.98 Å². The standard InChI is InChI=1S/C22H18N6O2S/c1-12-6-7-13-4-3-5-16(19(13)26-12)30-21-18(23)20(24-11-25-21)28-22-27-15-9-8-14(29-2)10-17(15)31-22/h3-11H,23H2,1-2H3,(H,24,25,27,28). The molecule has 0 saturated carbocycles. The number of hydrogen-bond acceptors (Lipinski definition) is 9. The first-order valence-corrected chi connectivity index (χ1v) is 10.3. The summed E-state index contributed by atoms with van der Waals surface area (Å²) in [5.74, 6) is 2.01. The van der Waals surface area contributed by atoms with Crippen LogP contribution in [0, 0.1) is 6.92 Å². The Kier molecular flexibility index (Phi) is 4.72. The number of nitrogens with zero attached hydrogens (tertiary/aromatic N) is 4. The van der Waals surface area contributed by atoms with Crippen LogP contribution < -0.4 is 20.5 Å². The first-order chi connectivity index (χ1) is 15.1. The van der Waals surface area contributed by atoms with Gasteiger partial charge in [-0.05, 0) is 37.3 Å². The van der Waals surface area contributed by atoms with Crippen molar-refractivity contribution < 1.29 is 9.47 Å². The third kappa shape index (κ3) is 3.66. The molecule has 0 radical (unpaired) electrons. The van der Waals surface area contributed by atoms with E-state index in [0.29, 0.717) is 16.7 Å². The minimum atomic E-state index is 0.246. The highest BCUT2D eigenvalue weighted by atomic mass is 32.1. The number of aryl methyl sites for hydroxylation is 1. The van der Waals surface area contributed by atoms with Gasteiger partial charge in [-0.3, -0.25) is 0 Å². The molecule has 5 aromatic rings.